The van der Waals surface area contributed by atoms with E-state index in [9.17, 15) is 13.2 Å². The van der Waals surface area contributed by atoms with Gasteiger partial charge in [0.1, 0.15) is 0 Å². The second-order valence-corrected chi connectivity index (χ2v) is 12.8. The summed E-state index contributed by atoms with van der Waals surface area (Å²) in [5.41, 5.74) is 3.57. The van der Waals surface area contributed by atoms with Crippen molar-refractivity contribution in [2.24, 2.45) is 0 Å². The summed E-state index contributed by atoms with van der Waals surface area (Å²) >= 11 is 1.68. The van der Waals surface area contributed by atoms with Crippen molar-refractivity contribution in [3.8, 4) is 0 Å². The number of nitrogens with zero attached hydrogens (tertiary/aromatic N) is 4. The molecule has 0 atom stereocenters. The number of para-hydroxylation sites is 2. The molecule has 1 aliphatic rings. The zero-order chi connectivity index (χ0) is 27.0. The lowest BCUT2D eigenvalue weighted by Crippen LogP contribution is -2.35. The third kappa shape index (κ3) is 4.99. The Morgan fingerprint density at radius 2 is 1.72 bits per heavy atom. The minimum Gasteiger partial charge on any atom is -0.346 e. The number of anilines is 1. The number of amides is 1. The molecular weight excluding hydrogens is 528 g/mol. The van der Waals surface area contributed by atoms with Crippen molar-refractivity contribution >= 4 is 53.3 Å². The van der Waals surface area contributed by atoms with E-state index >= 15 is 0 Å². The molecule has 39 heavy (non-hydrogen) atoms. The largest absolute Gasteiger partial charge is 0.346 e. The van der Waals surface area contributed by atoms with Gasteiger partial charge in [-0.1, -0.05) is 59.9 Å². The quantitative estimate of drug-likeness (QED) is 0.285. The van der Waals surface area contributed by atoms with Crippen LogP contribution in [0.25, 0.3) is 21.1 Å². The van der Waals surface area contributed by atoms with Crippen LogP contribution in [-0.4, -0.2) is 55.4 Å². The molecule has 0 spiro atoms. The zero-order valence-corrected chi connectivity index (χ0v) is 23.2. The number of aromatic nitrogens is 2. The number of fused-ring (bicyclic) bond motifs is 2. The molecule has 3 aromatic carbocycles. The molecule has 5 aromatic rings. The van der Waals surface area contributed by atoms with Gasteiger partial charge in [0.05, 0.1) is 26.4 Å². The average Bonchev–Trinajstić information content (AvgIpc) is 3.24. The normalized spacial score (nSPS) is 14.6. The number of thiazole rings is 1. The van der Waals surface area contributed by atoms with Crippen molar-refractivity contribution < 1.29 is 13.2 Å². The van der Waals surface area contributed by atoms with Gasteiger partial charge in [-0.3, -0.25) is 9.78 Å². The molecule has 0 N–H and O–H groups in total. The van der Waals surface area contributed by atoms with E-state index in [0.29, 0.717) is 36.3 Å². The van der Waals surface area contributed by atoms with E-state index in [-0.39, 0.29) is 16.6 Å². The molecule has 7 nitrogen and oxygen atoms in total. The van der Waals surface area contributed by atoms with Gasteiger partial charge in [-0.2, -0.15) is 0 Å². The molecule has 9 heteroatoms. The molecule has 2 aromatic heterocycles. The third-order valence-corrected chi connectivity index (χ3v) is 9.96. The maximum Gasteiger partial charge on any atom is 0.254 e. The Bertz CT molecular complexity index is 1790. The van der Waals surface area contributed by atoms with Crippen molar-refractivity contribution in [3.05, 3.63) is 95.7 Å². The highest BCUT2D eigenvalue weighted by Crippen LogP contribution is 2.31. The standard InChI is InChI=1S/C30H28N4O3S2/c1-21-8-4-13-25-27(21)32-30(38-25)34-17-7-16-33(18-19-34)29(35)24-12-3-2-9-23(24)20-39(36,37)26-14-5-10-22-11-6-15-31-28(22)26/h2-6,8-15H,7,16-20H2,1H3. The monoisotopic (exact) mass is 556 g/mol. The van der Waals surface area contributed by atoms with Crippen LogP contribution in [0.1, 0.15) is 27.9 Å². The fraction of sp³-hybridized carbons (Fsp3) is 0.233. The van der Waals surface area contributed by atoms with Crippen LogP contribution in [-0.2, 0) is 15.6 Å². The molecule has 1 saturated heterocycles. The van der Waals surface area contributed by atoms with Crippen LogP contribution in [0, 0.1) is 6.92 Å². The molecule has 0 radical (unpaired) electrons. The molecule has 1 aliphatic heterocycles. The molecular formula is C30H28N4O3S2. The highest BCUT2D eigenvalue weighted by atomic mass is 32.2. The number of sulfone groups is 1. The summed E-state index contributed by atoms with van der Waals surface area (Å²) in [5.74, 6) is -0.408. The molecule has 3 heterocycles. The van der Waals surface area contributed by atoms with Gasteiger partial charge in [0.25, 0.3) is 5.91 Å². The molecule has 1 fully saturated rings. The SMILES string of the molecule is Cc1cccc2sc(N3CCCN(C(=O)c4ccccc4CS(=O)(=O)c4cccc5cccnc45)CC3)nc12. The summed E-state index contributed by atoms with van der Waals surface area (Å²) in [6.45, 7) is 4.71. The van der Waals surface area contributed by atoms with Gasteiger partial charge in [0.15, 0.2) is 15.0 Å². The number of hydrogen-bond donors (Lipinski definition) is 0. The van der Waals surface area contributed by atoms with Crippen molar-refractivity contribution in [2.75, 3.05) is 31.1 Å². The Morgan fingerprint density at radius 1 is 0.897 bits per heavy atom. The summed E-state index contributed by atoms with van der Waals surface area (Å²) in [4.78, 5) is 27.2. The van der Waals surface area contributed by atoms with Gasteiger partial charge < -0.3 is 9.80 Å². The van der Waals surface area contributed by atoms with Crippen LogP contribution in [0.2, 0.25) is 0 Å². The van der Waals surface area contributed by atoms with Crippen LogP contribution in [0.5, 0.6) is 0 Å². The summed E-state index contributed by atoms with van der Waals surface area (Å²) in [6.07, 6.45) is 2.40. The van der Waals surface area contributed by atoms with E-state index < -0.39 is 9.84 Å². The molecule has 1 amide bonds. The minimum absolute atomic E-state index is 0.140. The number of pyridine rings is 1. The predicted octanol–water partition coefficient (Wildman–Crippen LogP) is 5.48. The van der Waals surface area contributed by atoms with E-state index in [1.54, 1.807) is 60.0 Å². The Balaban J connectivity index is 1.23. The van der Waals surface area contributed by atoms with Crippen molar-refractivity contribution in [2.45, 2.75) is 24.0 Å². The van der Waals surface area contributed by atoms with Crippen LogP contribution in [0.3, 0.4) is 0 Å². The lowest BCUT2D eigenvalue weighted by atomic mass is 10.1. The topological polar surface area (TPSA) is 83.5 Å². The number of aryl methyl sites for hydroxylation is 1. The highest BCUT2D eigenvalue weighted by Gasteiger charge is 2.26. The van der Waals surface area contributed by atoms with E-state index in [0.717, 1.165) is 34.6 Å². The number of rotatable bonds is 5. The fourth-order valence-corrected chi connectivity index (χ4v) is 7.82. The lowest BCUT2D eigenvalue weighted by Gasteiger charge is -2.23. The first-order valence-corrected chi connectivity index (χ1v) is 15.4. The van der Waals surface area contributed by atoms with Crippen molar-refractivity contribution in [3.63, 3.8) is 0 Å². The second-order valence-electron chi connectivity index (χ2n) is 9.80. The average molecular weight is 557 g/mol. The Morgan fingerprint density at radius 3 is 2.59 bits per heavy atom. The summed E-state index contributed by atoms with van der Waals surface area (Å²) in [6, 6.07) is 22.0. The summed E-state index contributed by atoms with van der Waals surface area (Å²) in [5, 5.41) is 1.74. The number of carbonyl (C=O) groups excluding carboxylic acids is 1. The first kappa shape index (κ1) is 25.5. The first-order valence-electron chi connectivity index (χ1n) is 13.0. The highest BCUT2D eigenvalue weighted by molar-refractivity contribution is 7.90. The van der Waals surface area contributed by atoms with Gasteiger partial charge >= 0.3 is 0 Å². The second kappa shape index (κ2) is 10.4. The Labute approximate surface area is 231 Å². The molecule has 0 unspecified atom stereocenters. The van der Waals surface area contributed by atoms with Gasteiger partial charge in [0.2, 0.25) is 0 Å². The van der Waals surface area contributed by atoms with Gasteiger partial charge in [0, 0.05) is 43.3 Å². The van der Waals surface area contributed by atoms with Gasteiger partial charge in [-0.15, -0.1) is 0 Å². The molecule has 0 bridgehead atoms. The maximum absolute atomic E-state index is 13.7. The van der Waals surface area contributed by atoms with Crippen LogP contribution >= 0.6 is 11.3 Å². The molecule has 0 saturated carbocycles. The van der Waals surface area contributed by atoms with E-state index in [2.05, 4.69) is 35.0 Å². The van der Waals surface area contributed by atoms with Crippen LogP contribution in [0.4, 0.5) is 5.13 Å². The number of carbonyl (C=O) groups is 1. The Hall–Kier alpha value is -3.82. The third-order valence-electron chi connectivity index (χ3n) is 7.19. The summed E-state index contributed by atoms with van der Waals surface area (Å²) in [7, 11) is -3.74. The molecule has 6 rings (SSSR count). The maximum atomic E-state index is 13.7. The first-order chi connectivity index (χ1) is 18.9. The van der Waals surface area contributed by atoms with Gasteiger partial charge in [-0.05, 0) is 48.7 Å². The smallest absolute Gasteiger partial charge is 0.254 e. The molecule has 198 valence electrons. The van der Waals surface area contributed by atoms with E-state index in [1.165, 1.54) is 4.70 Å². The number of hydrogen-bond acceptors (Lipinski definition) is 7. The zero-order valence-electron chi connectivity index (χ0n) is 21.6. The van der Waals surface area contributed by atoms with Crippen LogP contribution < -0.4 is 4.90 Å². The van der Waals surface area contributed by atoms with E-state index in [4.69, 9.17) is 4.98 Å². The Kier molecular flexibility index (Phi) is 6.78. The van der Waals surface area contributed by atoms with E-state index in [1.807, 2.05) is 17.0 Å². The molecule has 0 aliphatic carbocycles. The summed E-state index contributed by atoms with van der Waals surface area (Å²) < 4.78 is 28.2. The van der Waals surface area contributed by atoms with Crippen molar-refractivity contribution in [1.29, 1.82) is 0 Å². The van der Waals surface area contributed by atoms with Crippen LogP contribution in [0.15, 0.2) is 83.9 Å². The minimum atomic E-state index is -3.74. The predicted molar refractivity (Wildman–Crippen MR) is 156 cm³/mol. The van der Waals surface area contributed by atoms with Gasteiger partial charge in [-0.25, -0.2) is 13.4 Å². The number of benzene rings is 3. The fourth-order valence-electron chi connectivity index (χ4n) is 5.16. The lowest BCUT2D eigenvalue weighted by molar-refractivity contribution is 0.0766. The van der Waals surface area contributed by atoms with Crippen molar-refractivity contribution in [1.82, 2.24) is 14.9 Å².